The van der Waals surface area contributed by atoms with E-state index in [1.807, 2.05) is 6.92 Å². The summed E-state index contributed by atoms with van der Waals surface area (Å²) in [6.45, 7) is 3.88. The SMILES string of the molecule is CCOC(=O)c1cnn(C(C)c2ccc(C(=O)OC)o2)c1. The highest BCUT2D eigenvalue weighted by Gasteiger charge is 2.18. The van der Waals surface area contributed by atoms with Crippen LogP contribution < -0.4 is 0 Å². The summed E-state index contributed by atoms with van der Waals surface area (Å²) in [4.78, 5) is 22.9. The molecule has 112 valence electrons. The van der Waals surface area contributed by atoms with Gasteiger partial charge in [0.15, 0.2) is 0 Å². The molecule has 0 bridgehead atoms. The predicted molar refractivity (Wildman–Crippen MR) is 72.0 cm³/mol. The molecule has 2 aromatic rings. The number of aromatic nitrogens is 2. The van der Waals surface area contributed by atoms with Gasteiger partial charge in [0, 0.05) is 6.20 Å². The number of hydrogen-bond acceptors (Lipinski definition) is 6. The van der Waals surface area contributed by atoms with Crippen molar-refractivity contribution in [1.82, 2.24) is 9.78 Å². The van der Waals surface area contributed by atoms with E-state index in [-0.39, 0.29) is 11.8 Å². The zero-order valence-electron chi connectivity index (χ0n) is 12.0. The second-order valence-electron chi connectivity index (χ2n) is 4.30. The number of carbonyl (C=O) groups excluding carboxylic acids is 2. The van der Waals surface area contributed by atoms with E-state index in [1.165, 1.54) is 19.4 Å². The van der Waals surface area contributed by atoms with Gasteiger partial charge in [0.25, 0.3) is 0 Å². The van der Waals surface area contributed by atoms with Crippen molar-refractivity contribution < 1.29 is 23.5 Å². The first-order valence-electron chi connectivity index (χ1n) is 6.46. The maximum Gasteiger partial charge on any atom is 0.373 e. The number of ether oxygens (including phenoxy) is 2. The summed E-state index contributed by atoms with van der Waals surface area (Å²) in [5.41, 5.74) is 0.364. The van der Waals surface area contributed by atoms with Crippen molar-refractivity contribution in [2.45, 2.75) is 19.9 Å². The average molecular weight is 292 g/mol. The molecule has 0 fully saturated rings. The molecule has 2 aromatic heterocycles. The van der Waals surface area contributed by atoms with Gasteiger partial charge in [0.05, 0.1) is 25.5 Å². The standard InChI is InChI=1S/C14H16N2O5/c1-4-20-13(17)10-7-15-16(8-10)9(2)11-5-6-12(21-11)14(18)19-3/h5-9H,4H2,1-3H3. The van der Waals surface area contributed by atoms with Crippen LogP contribution >= 0.6 is 0 Å². The summed E-state index contributed by atoms with van der Waals surface area (Å²) in [6.07, 6.45) is 3.00. The Kier molecular flexibility index (Phi) is 4.42. The summed E-state index contributed by atoms with van der Waals surface area (Å²) < 4.78 is 16.5. The monoisotopic (exact) mass is 292 g/mol. The summed E-state index contributed by atoms with van der Waals surface area (Å²) >= 11 is 0. The Bertz CT molecular complexity index is 643. The molecule has 0 N–H and O–H groups in total. The van der Waals surface area contributed by atoms with E-state index >= 15 is 0 Å². The lowest BCUT2D eigenvalue weighted by Gasteiger charge is -2.08. The number of esters is 2. The summed E-state index contributed by atoms with van der Waals surface area (Å²) in [5, 5.41) is 4.11. The highest BCUT2D eigenvalue weighted by molar-refractivity contribution is 5.88. The molecule has 0 saturated carbocycles. The molecule has 0 aromatic carbocycles. The Labute approximate surface area is 121 Å². The molecule has 0 radical (unpaired) electrons. The molecule has 1 unspecified atom stereocenters. The largest absolute Gasteiger partial charge is 0.463 e. The fourth-order valence-electron chi connectivity index (χ4n) is 1.79. The normalized spacial score (nSPS) is 12.0. The molecular weight excluding hydrogens is 276 g/mol. The van der Waals surface area contributed by atoms with Crippen LogP contribution in [0.5, 0.6) is 0 Å². The molecule has 1 atom stereocenters. The fourth-order valence-corrected chi connectivity index (χ4v) is 1.79. The fraction of sp³-hybridized carbons (Fsp3) is 0.357. The number of carbonyl (C=O) groups is 2. The third-order valence-corrected chi connectivity index (χ3v) is 2.93. The topological polar surface area (TPSA) is 83.6 Å². The van der Waals surface area contributed by atoms with Gasteiger partial charge in [-0.3, -0.25) is 4.68 Å². The first-order chi connectivity index (χ1) is 10.1. The number of rotatable bonds is 5. The maximum absolute atomic E-state index is 11.6. The van der Waals surface area contributed by atoms with Gasteiger partial charge in [-0.05, 0) is 26.0 Å². The van der Waals surface area contributed by atoms with Gasteiger partial charge in [-0.25, -0.2) is 9.59 Å². The Balaban J connectivity index is 2.16. The van der Waals surface area contributed by atoms with Crippen LogP contribution in [-0.4, -0.2) is 35.4 Å². The van der Waals surface area contributed by atoms with E-state index < -0.39 is 11.9 Å². The minimum Gasteiger partial charge on any atom is -0.463 e. The van der Waals surface area contributed by atoms with Gasteiger partial charge >= 0.3 is 11.9 Å². The van der Waals surface area contributed by atoms with E-state index in [9.17, 15) is 9.59 Å². The Morgan fingerprint density at radius 3 is 2.81 bits per heavy atom. The number of methoxy groups -OCH3 is 1. The van der Waals surface area contributed by atoms with Crippen LogP contribution in [0.25, 0.3) is 0 Å². The highest BCUT2D eigenvalue weighted by atomic mass is 16.5. The van der Waals surface area contributed by atoms with Crippen molar-refractivity contribution in [2.75, 3.05) is 13.7 Å². The summed E-state index contributed by atoms with van der Waals surface area (Å²) in [7, 11) is 1.28. The molecule has 0 amide bonds. The van der Waals surface area contributed by atoms with E-state index in [0.29, 0.717) is 17.9 Å². The third-order valence-electron chi connectivity index (χ3n) is 2.93. The lowest BCUT2D eigenvalue weighted by molar-refractivity contribution is 0.0524. The van der Waals surface area contributed by atoms with Crippen LogP contribution in [0.3, 0.4) is 0 Å². The van der Waals surface area contributed by atoms with E-state index in [4.69, 9.17) is 9.15 Å². The number of hydrogen-bond donors (Lipinski definition) is 0. The van der Waals surface area contributed by atoms with Gasteiger partial charge < -0.3 is 13.9 Å². The first-order valence-corrected chi connectivity index (χ1v) is 6.46. The van der Waals surface area contributed by atoms with Crippen molar-refractivity contribution in [3.63, 3.8) is 0 Å². The predicted octanol–water partition coefficient (Wildman–Crippen LogP) is 2.05. The lowest BCUT2D eigenvalue weighted by atomic mass is 10.2. The summed E-state index contributed by atoms with van der Waals surface area (Å²) in [6, 6.07) is 2.93. The zero-order valence-corrected chi connectivity index (χ0v) is 12.0. The van der Waals surface area contributed by atoms with Crippen molar-refractivity contribution in [3.05, 3.63) is 41.6 Å². The molecule has 0 saturated heterocycles. The molecule has 0 aliphatic rings. The third kappa shape index (κ3) is 3.13. The molecule has 7 heteroatoms. The zero-order chi connectivity index (χ0) is 15.4. The van der Waals surface area contributed by atoms with Gasteiger partial charge in [-0.2, -0.15) is 5.10 Å². The number of furan rings is 1. The molecule has 0 spiro atoms. The summed E-state index contributed by atoms with van der Waals surface area (Å²) in [5.74, 6) is -0.308. The van der Waals surface area contributed by atoms with Crippen LogP contribution in [0.15, 0.2) is 28.9 Å². The molecule has 2 heterocycles. The lowest BCUT2D eigenvalue weighted by Crippen LogP contribution is -2.07. The second kappa shape index (κ2) is 6.25. The van der Waals surface area contributed by atoms with E-state index in [1.54, 1.807) is 23.9 Å². The van der Waals surface area contributed by atoms with Gasteiger partial charge in [-0.15, -0.1) is 0 Å². The number of nitrogens with zero attached hydrogens (tertiary/aromatic N) is 2. The Morgan fingerprint density at radius 2 is 2.14 bits per heavy atom. The highest BCUT2D eigenvalue weighted by Crippen LogP contribution is 2.21. The Hall–Kier alpha value is -2.57. The van der Waals surface area contributed by atoms with E-state index in [2.05, 4.69) is 9.84 Å². The van der Waals surface area contributed by atoms with Crippen LogP contribution in [-0.2, 0) is 9.47 Å². The molecule has 0 aliphatic heterocycles. The Morgan fingerprint density at radius 1 is 1.38 bits per heavy atom. The van der Waals surface area contributed by atoms with Crippen LogP contribution in [0.1, 0.15) is 46.6 Å². The minimum absolute atomic E-state index is 0.122. The quantitative estimate of drug-likeness (QED) is 0.784. The van der Waals surface area contributed by atoms with Crippen LogP contribution in [0.4, 0.5) is 0 Å². The van der Waals surface area contributed by atoms with Crippen molar-refractivity contribution in [2.24, 2.45) is 0 Å². The second-order valence-corrected chi connectivity index (χ2v) is 4.30. The molecule has 21 heavy (non-hydrogen) atoms. The average Bonchev–Trinajstić information content (AvgIpc) is 3.15. The van der Waals surface area contributed by atoms with Crippen LogP contribution in [0, 0.1) is 0 Å². The minimum atomic E-state index is -0.541. The molecule has 2 rings (SSSR count). The van der Waals surface area contributed by atoms with Crippen LogP contribution in [0.2, 0.25) is 0 Å². The van der Waals surface area contributed by atoms with E-state index in [0.717, 1.165) is 0 Å². The molecular formula is C14H16N2O5. The van der Waals surface area contributed by atoms with Gasteiger partial charge in [-0.1, -0.05) is 0 Å². The maximum atomic E-state index is 11.6. The van der Waals surface area contributed by atoms with Crippen molar-refractivity contribution >= 4 is 11.9 Å². The van der Waals surface area contributed by atoms with Gasteiger partial charge in [0.1, 0.15) is 11.8 Å². The van der Waals surface area contributed by atoms with Crippen molar-refractivity contribution in [3.8, 4) is 0 Å². The van der Waals surface area contributed by atoms with Crippen molar-refractivity contribution in [1.29, 1.82) is 0 Å². The van der Waals surface area contributed by atoms with Gasteiger partial charge in [0.2, 0.25) is 5.76 Å². The smallest absolute Gasteiger partial charge is 0.373 e. The molecule has 0 aliphatic carbocycles. The first kappa shape index (κ1) is 14.8. The molecule has 7 nitrogen and oxygen atoms in total.